The molecule has 0 radical (unpaired) electrons. The Morgan fingerprint density at radius 2 is 1.80 bits per heavy atom. The minimum absolute atomic E-state index is 0.243. The number of ether oxygens (including phenoxy) is 2. The van der Waals surface area contributed by atoms with Crippen molar-refractivity contribution in [2.24, 2.45) is 0 Å². The average molecular weight is 452 g/mol. The highest BCUT2D eigenvalue weighted by Gasteiger charge is 2.12. The number of esters is 2. The normalized spacial score (nSPS) is 11.4. The summed E-state index contributed by atoms with van der Waals surface area (Å²) in [7, 11) is -1.96. The van der Waals surface area contributed by atoms with Gasteiger partial charge in [-0.25, -0.2) is 22.7 Å². The smallest absolute Gasteiger partial charge is 0.337 e. The highest BCUT2D eigenvalue weighted by atomic mass is 32.2. The van der Waals surface area contributed by atoms with Crippen molar-refractivity contribution in [2.45, 2.75) is 6.42 Å². The van der Waals surface area contributed by atoms with Gasteiger partial charge in [0.2, 0.25) is 15.8 Å². The van der Waals surface area contributed by atoms with E-state index in [9.17, 15) is 22.8 Å². The lowest BCUT2D eigenvalue weighted by molar-refractivity contribution is -0.136. The summed E-state index contributed by atoms with van der Waals surface area (Å²) >= 11 is 1.23. The topological polar surface area (TPSA) is 116 Å². The van der Waals surface area contributed by atoms with Crippen molar-refractivity contribution >= 4 is 45.2 Å². The molecule has 2 rings (SSSR count). The van der Waals surface area contributed by atoms with Gasteiger partial charge in [0.05, 0.1) is 23.8 Å². The van der Waals surface area contributed by atoms with Crippen LogP contribution in [0, 0.1) is 0 Å². The number of hydrogen-bond donors (Lipinski definition) is 1. The van der Waals surface area contributed by atoms with Gasteiger partial charge in [-0.1, -0.05) is 12.1 Å². The minimum atomic E-state index is -3.25. The number of carbonyl (C=O) groups excluding carboxylic acids is 3. The summed E-state index contributed by atoms with van der Waals surface area (Å²) in [6.45, 7) is -0.153. The van der Waals surface area contributed by atoms with E-state index in [-0.39, 0.29) is 12.3 Å². The first-order chi connectivity index (χ1) is 14.2. The van der Waals surface area contributed by atoms with Crippen molar-refractivity contribution < 1.29 is 32.3 Å². The highest BCUT2D eigenvalue weighted by molar-refractivity contribution is 7.88. The van der Waals surface area contributed by atoms with E-state index in [4.69, 9.17) is 4.74 Å². The van der Waals surface area contributed by atoms with E-state index in [0.29, 0.717) is 22.4 Å². The summed E-state index contributed by atoms with van der Waals surface area (Å²) in [5.41, 5.74) is 1.07. The Morgan fingerprint density at radius 1 is 1.10 bits per heavy atom. The van der Waals surface area contributed by atoms with Crippen molar-refractivity contribution in [3.05, 3.63) is 63.4 Å². The Kier molecular flexibility index (Phi) is 8.46. The number of nitrogens with one attached hydrogen (secondary N) is 1. The second kappa shape index (κ2) is 10.8. The molecule has 0 unspecified atom stereocenters. The molecule has 0 bridgehead atoms. The lowest BCUT2D eigenvalue weighted by Gasteiger charge is -2.01. The minimum Gasteiger partial charge on any atom is -0.465 e. The fraction of sp³-hybridized carbons (Fsp3) is 0.250. The SMILES string of the molecule is COC(=O)c1ccc(/C=C/C(=O)OCC(=O)c2ccc(CCNS(C)(=O)=O)s2)cc1. The van der Waals surface area contributed by atoms with Crippen LogP contribution in [0.4, 0.5) is 0 Å². The molecular formula is C20H21NO7S2. The van der Waals surface area contributed by atoms with Crippen LogP contribution in [0.25, 0.3) is 6.08 Å². The largest absolute Gasteiger partial charge is 0.465 e. The standard InChI is InChI=1S/C20H21NO7S2/c1-27-20(24)15-6-3-14(4-7-15)5-10-19(23)28-13-17(22)18-9-8-16(29-18)11-12-21-30(2,25)26/h3-10,21H,11-13H2,1-2H3/b10-5+. The third kappa shape index (κ3) is 7.90. The molecule has 0 atom stereocenters. The van der Waals surface area contributed by atoms with Crippen LogP contribution in [0.1, 0.15) is 30.5 Å². The maximum Gasteiger partial charge on any atom is 0.337 e. The first-order valence-corrected chi connectivity index (χ1v) is 11.5. The van der Waals surface area contributed by atoms with Gasteiger partial charge in [-0.05, 0) is 42.3 Å². The van der Waals surface area contributed by atoms with Gasteiger partial charge >= 0.3 is 11.9 Å². The molecule has 1 heterocycles. The average Bonchev–Trinajstić information content (AvgIpc) is 3.18. The van der Waals surface area contributed by atoms with Crippen LogP contribution >= 0.6 is 11.3 Å². The molecule has 0 saturated heterocycles. The van der Waals surface area contributed by atoms with Crippen LogP contribution in [0.5, 0.6) is 0 Å². The van der Waals surface area contributed by atoms with Crippen LogP contribution in [-0.2, 0) is 30.7 Å². The van der Waals surface area contributed by atoms with Crippen LogP contribution in [0.2, 0.25) is 0 Å². The predicted octanol–water partition coefficient (Wildman–Crippen LogP) is 2.07. The summed E-state index contributed by atoms with van der Waals surface area (Å²) < 4.78 is 34.0. The molecule has 0 amide bonds. The second-order valence-electron chi connectivity index (χ2n) is 6.16. The zero-order chi connectivity index (χ0) is 22.1. The molecule has 1 aromatic heterocycles. The number of Topliss-reactive ketones (excluding diaryl/α,β-unsaturated/α-hetero) is 1. The highest BCUT2D eigenvalue weighted by Crippen LogP contribution is 2.17. The molecule has 160 valence electrons. The third-order valence-electron chi connectivity index (χ3n) is 3.76. The number of benzene rings is 1. The Hall–Kier alpha value is -2.82. The Morgan fingerprint density at radius 3 is 2.43 bits per heavy atom. The summed E-state index contributed by atoms with van der Waals surface area (Å²) in [5, 5.41) is 0. The number of rotatable bonds is 10. The van der Waals surface area contributed by atoms with Crippen LogP contribution in [-0.4, -0.2) is 52.7 Å². The van der Waals surface area contributed by atoms with Crippen molar-refractivity contribution in [2.75, 3.05) is 26.5 Å². The summed E-state index contributed by atoms with van der Waals surface area (Å²) in [6, 6.07) is 9.79. The Labute approximate surface area is 178 Å². The molecule has 10 heteroatoms. The number of methoxy groups -OCH3 is 1. The molecule has 0 saturated carbocycles. The molecule has 2 aromatic rings. The lowest BCUT2D eigenvalue weighted by atomic mass is 10.1. The molecule has 8 nitrogen and oxygen atoms in total. The van der Waals surface area contributed by atoms with Crippen LogP contribution < -0.4 is 4.72 Å². The van der Waals surface area contributed by atoms with Crippen molar-refractivity contribution in [3.63, 3.8) is 0 Å². The van der Waals surface area contributed by atoms with Gasteiger partial charge < -0.3 is 9.47 Å². The molecule has 1 aromatic carbocycles. The molecule has 1 N–H and O–H groups in total. The van der Waals surface area contributed by atoms with E-state index in [1.807, 2.05) is 0 Å². The van der Waals surface area contributed by atoms with Crippen molar-refractivity contribution in [1.82, 2.24) is 4.72 Å². The Bertz CT molecular complexity index is 1040. The molecular weight excluding hydrogens is 430 g/mol. The molecule has 30 heavy (non-hydrogen) atoms. The first-order valence-electron chi connectivity index (χ1n) is 8.77. The van der Waals surface area contributed by atoms with Crippen LogP contribution in [0.15, 0.2) is 42.5 Å². The van der Waals surface area contributed by atoms with E-state index in [0.717, 1.165) is 11.1 Å². The molecule has 0 fully saturated rings. The third-order valence-corrected chi connectivity index (χ3v) is 5.68. The van der Waals surface area contributed by atoms with Crippen molar-refractivity contribution in [1.29, 1.82) is 0 Å². The van der Waals surface area contributed by atoms with Gasteiger partial charge in [-0.2, -0.15) is 0 Å². The lowest BCUT2D eigenvalue weighted by Crippen LogP contribution is -2.24. The van der Waals surface area contributed by atoms with E-state index in [2.05, 4.69) is 9.46 Å². The number of carbonyl (C=O) groups is 3. The number of ketones is 1. The van der Waals surface area contributed by atoms with E-state index < -0.39 is 28.6 Å². The number of thiophene rings is 1. The zero-order valence-corrected chi connectivity index (χ0v) is 18.0. The van der Waals surface area contributed by atoms with E-state index in [1.165, 1.54) is 30.6 Å². The summed E-state index contributed by atoms with van der Waals surface area (Å²) in [6.07, 6.45) is 4.24. The molecule has 0 aliphatic carbocycles. The van der Waals surface area contributed by atoms with Crippen LogP contribution in [0.3, 0.4) is 0 Å². The molecule has 0 aliphatic rings. The fourth-order valence-corrected chi connectivity index (χ4v) is 3.69. The van der Waals surface area contributed by atoms with E-state index in [1.54, 1.807) is 36.4 Å². The van der Waals surface area contributed by atoms with Gasteiger partial charge in [0.1, 0.15) is 0 Å². The molecule has 0 aliphatic heterocycles. The van der Waals surface area contributed by atoms with Gasteiger partial charge in [0.25, 0.3) is 0 Å². The van der Waals surface area contributed by atoms with Gasteiger partial charge in [0.15, 0.2) is 6.61 Å². The Balaban J connectivity index is 1.81. The first kappa shape index (κ1) is 23.5. The van der Waals surface area contributed by atoms with Gasteiger partial charge in [-0.15, -0.1) is 11.3 Å². The summed E-state index contributed by atoms with van der Waals surface area (Å²) in [4.78, 5) is 36.6. The zero-order valence-electron chi connectivity index (χ0n) is 16.4. The number of sulfonamides is 1. The quantitative estimate of drug-likeness (QED) is 0.334. The molecule has 0 spiro atoms. The monoisotopic (exact) mass is 451 g/mol. The maximum atomic E-state index is 12.2. The van der Waals surface area contributed by atoms with Gasteiger partial charge in [-0.3, -0.25) is 4.79 Å². The van der Waals surface area contributed by atoms with E-state index >= 15 is 0 Å². The summed E-state index contributed by atoms with van der Waals surface area (Å²) in [5.74, 6) is -1.46. The second-order valence-corrected chi connectivity index (χ2v) is 9.16. The predicted molar refractivity (Wildman–Crippen MR) is 113 cm³/mol. The maximum absolute atomic E-state index is 12.2. The number of hydrogen-bond acceptors (Lipinski definition) is 8. The van der Waals surface area contributed by atoms with Gasteiger partial charge in [0, 0.05) is 17.5 Å². The fourth-order valence-electron chi connectivity index (χ4n) is 2.29. The van der Waals surface area contributed by atoms with Crippen molar-refractivity contribution in [3.8, 4) is 0 Å².